The fourth-order valence-corrected chi connectivity index (χ4v) is 3.02. The van der Waals surface area contributed by atoms with Crippen LogP contribution in [0.4, 0.5) is 0 Å². The van der Waals surface area contributed by atoms with E-state index in [4.69, 9.17) is 25.8 Å². The van der Waals surface area contributed by atoms with Gasteiger partial charge in [0, 0.05) is 17.7 Å². The quantitative estimate of drug-likeness (QED) is 0.907. The largest absolute Gasteiger partial charge is 0.496 e. The van der Waals surface area contributed by atoms with Crippen molar-refractivity contribution in [3.8, 4) is 17.2 Å². The molecule has 20 heavy (non-hydrogen) atoms. The van der Waals surface area contributed by atoms with Crippen LogP contribution >= 0.6 is 11.6 Å². The van der Waals surface area contributed by atoms with Crippen LogP contribution in [0.3, 0.4) is 0 Å². The van der Waals surface area contributed by atoms with Crippen molar-refractivity contribution in [1.82, 2.24) is 5.32 Å². The summed E-state index contributed by atoms with van der Waals surface area (Å²) in [5.41, 5.74) is 0.978. The predicted octanol–water partition coefficient (Wildman–Crippen LogP) is 3.05. The lowest BCUT2D eigenvalue weighted by molar-refractivity contribution is 0.344. The van der Waals surface area contributed by atoms with E-state index in [-0.39, 0.29) is 0 Å². The second-order valence-electron chi connectivity index (χ2n) is 4.96. The Labute approximate surface area is 125 Å². The number of benzene rings is 1. The van der Waals surface area contributed by atoms with Crippen LogP contribution in [-0.2, 0) is 6.42 Å². The lowest BCUT2D eigenvalue weighted by atomic mass is 9.97. The Morgan fingerprint density at radius 1 is 1.15 bits per heavy atom. The molecule has 0 radical (unpaired) electrons. The Hall–Kier alpha value is -1.13. The highest BCUT2D eigenvalue weighted by Crippen LogP contribution is 2.43. The minimum atomic E-state index is 0.438. The zero-order chi connectivity index (χ0) is 14.5. The van der Waals surface area contributed by atoms with Gasteiger partial charge < -0.3 is 19.5 Å². The fourth-order valence-electron chi connectivity index (χ4n) is 2.68. The van der Waals surface area contributed by atoms with Gasteiger partial charge in [-0.3, -0.25) is 0 Å². The molecule has 1 aromatic rings. The second kappa shape index (κ2) is 7.04. The molecule has 5 heteroatoms. The number of hydrogen-bond acceptors (Lipinski definition) is 4. The molecule has 1 atom stereocenters. The highest BCUT2D eigenvalue weighted by atomic mass is 35.5. The number of rotatable bonds is 5. The summed E-state index contributed by atoms with van der Waals surface area (Å²) in [7, 11) is 4.84. The fraction of sp³-hybridized carbons (Fsp3) is 0.600. The molecule has 1 aliphatic heterocycles. The van der Waals surface area contributed by atoms with E-state index in [0.717, 1.165) is 30.7 Å². The van der Waals surface area contributed by atoms with E-state index in [1.807, 2.05) is 6.07 Å². The van der Waals surface area contributed by atoms with E-state index >= 15 is 0 Å². The van der Waals surface area contributed by atoms with Gasteiger partial charge in [-0.25, -0.2) is 0 Å². The monoisotopic (exact) mass is 299 g/mol. The Balaban J connectivity index is 2.34. The average Bonchev–Trinajstić information content (AvgIpc) is 2.49. The third-order valence-corrected chi connectivity index (χ3v) is 4.15. The molecule has 4 nitrogen and oxygen atoms in total. The van der Waals surface area contributed by atoms with Gasteiger partial charge in [-0.05, 0) is 25.8 Å². The number of piperidine rings is 1. The number of methoxy groups -OCH3 is 3. The SMILES string of the molecule is COc1cc(OC)c(OC)c(Cl)c1CC1CCCCN1. The van der Waals surface area contributed by atoms with Crippen LogP contribution in [-0.4, -0.2) is 33.9 Å². The summed E-state index contributed by atoms with van der Waals surface area (Å²) in [6.07, 6.45) is 4.49. The average molecular weight is 300 g/mol. The molecule has 0 aliphatic carbocycles. The van der Waals surface area contributed by atoms with Gasteiger partial charge in [0.15, 0.2) is 11.5 Å². The molecule has 1 fully saturated rings. The van der Waals surface area contributed by atoms with Crippen molar-refractivity contribution in [3.05, 3.63) is 16.7 Å². The summed E-state index contributed by atoms with van der Waals surface area (Å²) < 4.78 is 16.1. The van der Waals surface area contributed by atoms with Gasteiger partial charge >= 0.3 is 0 Å². The smallest absolute Gasteiger partial charge is 0.179 e. The molecule has 0 bridgehead atoms. The Kier molecular flexibility index (Phi) is 5.38. The van der Waals surface area contributed by atoms with Crippen LogP contribution < -0.4 is 19.5 Å². The van der Waals surface area contributed by atoms with E-state index in [0.29, 0.717) is 22.6 Å². The van der Waals surface area contributed by atoms with Gasteiger partial charge in [0.25, 0.3) is 0 Å². The maximum Gasteiger partial charge on any atom is 0.179 e. The Bertz CT molecular complexity index is 459. The highest BCUT2D eigenvalue weighted by molar-refractivity contribution is 6.33. The normalized spacial score (nSPS) is 18.7. The molecular weight excluding hydrogens is 278 g/mol. The van der Waals surface area contributed by atoms with Crippen LogP contribution in [0.2, 0.25) is 5.02 Å². The summed E-state index contributed by atoms with van der Waals surface area (Å²) in [5, 5.41) is 4.11. The molecule has 0 saturated carbocycles. The van der Waals surface area contributed by atoms with Gasteiger partial charge in [-0.2, -0.15) is 0 Å². The number of halogens is 1. The van der Waals surface area contributed by atoms with Crippen molar-refractivity contribution in [2.75, 3.05) is 27.9 Å². The van der Waals surface area contributed by atoms with Crippen molar-refractivity contribution in [1.29, 1.82) is 0 Å². The van der Waals surface area contributed by atoms with Crippen LogP contribution in [0, 0.1) is 0 Å². The van der Waals surface area contributed by atoms with Crippen LogP contribution in [0.25, 0.3) is 0 Å². The molecule has 1 heterocycles. The van der Waals surface area contributed by atoms with Crippen molar-refractivity contribution < 1.29 is 14.2 Å². The van der Waals surface area contributed by atoms with Crippen LogP contribution in [0.1, 0.15) is 24.8 Å². The van der Waals surface area contributed by atoms with Gasteiger partial charge in [0.1, 0.15) is 5.75 Å². The minimum absolute atomic E-state index is 0.438. The molecule has 1 unspecified atom stereocenters. The van der Waals surface area contributed by atoms with Crippen molar-refractivity contribution in [2.24, 2.45) is 0 Å². The van der Waals surface area contributed by atoms with E-state index in [2.05, 4.69) is 5.32 Å². The predicted molar refractivity (Wildman–Crippen MR) is 80.5 cm³/mol. The highest BCUT2D eigenvalue weighted by Gasteiger charge is 2.22. The molecule has 2 rings (SSSR count). The minimum Gasteiger partial charge on any atom is -0.496 e. The summed E-state index contributed by atoms with van der Waals surface area (Å²) in [4.78, 5) is 0. The van der Waals surface area contributed by atoms with Crippen LogP contribution in [0.15, 0.2) is 6.07 Å². The van der Waals surface area contributed by atoms with E-state index < -0.39 is 0 Å². The molecule has 1 saturated heterocycles. The Morgan fingerprint density at radius 3 is 2.45 bits per heavy atom. The molecule has 112 valence electrons. The van der Waals surface area contributed by atoms with Gasteiger partial charge in [0.2, 0.25) is 0 Å². The zero-order valence-electron chi connectivity index (χ0n) is 12.3. The number of hydrogen-bond donors (Lipinski definition) is 1. The molecule has 1 aliphatic rings. The first-order valence-corrected chi connectivity index (χ1v) is 7.29. The molecule has 0 spiro atoms. The summed E-state index contributed by atoms with van der Waals surface area (Å²) in [6, 6.07) is 2.27. The lowest BCUT2D eigenvalue weighted by Gasteiger charge is -2.25. The third-order valence-electron chi connectivity index (χ3n) is 3.75. The van der Waals surface area contributed by atoms with Gasteiger partial charge in [-0.1, -0.05) is 18.0 Å². The Morgan fingerprint density at radius 2 is 1.90 bits per heavy atom. The topological polar surface area (TPSA) is 39.7 Å². The van der Waals surface area contributed by atoms with Crippen molar-refractivity contribution in [3.63, 3.8) is 0 Å². The molecule has 1 N–H and O–H groups in total. The van der Waals surface area contributed by atoms with Gasteiger partial charge in [-0.15, -0.1) is 0 Å². The summed E-state index contributed by atoms with van der Waals surface area (Å²) >= 11 is 6.48. The first-order chi connectivity index (χ1) is 9.71. The maximum absolute atomic E-state index is 6.48. The van der Waals surface area contributed by atoms with E-state index in [1.165, 1.54) is 12.8 Å². The molecular formula is C15H22ClNO3. The summed E-state index contributed by atoms with van der Waals surface area (Å²) in [6.45, 7) is 1.07. The van der Waals surface area contributed by atoms with Crippen molar-refractivity contribution in [2.45, 2.75) is 31.7 Å². The van der Waals surface area contributed by atoms with Crippen molar-refractivity contribution >= 4 is 11.6 Å². The first kappa shape index (κ1) is 15.3. The molecule has 1 aromatic carbocycles. The summed E-state index contributed by atoms with van der Waals surface area (Å²) in [5.74, 6) is 1.91. The number of nitrogens with one attached hydrogen (secondary N) is 1. The standard InChI is InChI=1S/C15H22ClNO3/c1-18-12-9-13(19-2)15(20-3)14(16)11(12)8-10-6-4-5-7-17-10/h9-10,17H,4-8H2,1-3H3. The second-order valence-corrected chi connectivity index (χ2v) is 5.34. The van der Waals surface area contributed by atoms with Gasteiger partial charge in [0.05, 0.1) is 26.4 Å². The third kappa shape index (κ3) is 3.13. The molecule has 0 amide bonds. The molecule has 0 aromatic heterocycles. The number of ether oxygens (including phenoxy) is 3. The zero-order valence-corrected chi connectivity index (χ0v) is 13.0. The maximum atomic E-state index is 6.48. The van der Waals surface area contributed by atoms with Crippen LogP contribution in [0.5, 0.6) is 17.2 Å². The lowest BCUT2D eigenvalue weighted by Crippen LogP contribution is -2.35. The van der Waals surface area contributed by atoms with E-state index in [9.17, 15) is 0 Å². The van der Waals surface area contributed by atoms with E-state index in [1.54, 1.807) is 21.3 Å². The first-order valence-electron chi connectivity index (χ1n) is 6.92.